The molecular formula is C25H27ClFN3OS. The molecule has 168 valence electrons. The SMILES string of the molecule is C#CCSc1nc2ccccc2n1C1CCN(CCCC(=O)c2ccc(F)cc2)CC1.Cl. The van der Waals surface area contributed by atoms with Crippen LogP contribution < -0.4 is 0 Å². The molecular weight excluding hydrogens is 445 g/mol. The van der Waals surface area contributed by atoms with E-state index in [1.807, 2.05) is 6.07 Å². The van der Waals surface area contributed by atoms with Crippen molar-refractivity contribution in [1.29, 1.82) is 0 Å². The lowest BCUT2D eigenvalue weighted by Crippen LogP contribution is -2.35. The predicted octanol–water partition coefficient (Wildman–Crippen LogP) is 5.62. The van der Waals surface area contributed by atoms with E-state index in [4.69, 9.17) is 11.4 Å². The molecule has 0 bridgehead atoms. The molecule has 4 nitrogen and oxygen atoms in total. The summed E-state index contributed by atoms with van der Waals surface area (Å²) in [7, 11) is 0. The fraction of sp³-hybridized carbons (Fsp3) is 0.360. The van der Waals surface area contributed by atoms with Gasteiger partial charge in [-0.2, -0.15) is 0 Å². The Kier molecular flexibility index (Phi) is 8.75. The number of rotatable bonds is 8. The van der Waals surface area contributed by atoms with E-state index >= 15 is 0 Å². The van der Waals surface area contributed by atoms with E-state index in [-0.39, 0.29) is 24.0 Å². The minimum Gasteiger partial charge on any atom is -0.316 e. The number of carbonyl (C=O) groups excluding carboxylic acids is 1. The number of piperidine rings is 1. The van der Waals surface area contributed by atoms with Gasteiger partial charge >= 0.3 is 0 Å². The van der Waals surface area contributed by atoms with E-state index in [9.17, 15) is 9.18 Å². The number of para-hydroxylation sites is 2. The average Bonchev–Trinajstić information content (AvgIpc) is 3.17. The highest BCUT2D eigenvalue weighted by Crippen LogP contribution is 2.32. The Morgan fingerprint density at radius 1 is 1.16 bits per heavy atom. The highest BCUT2D eigenvalue weighted by atomic mass is 35.5. The lowest BCUT2D eigenvalue weighted by molar-refractivity contribution is 0.0970. The maximum Gasteiger partial charge on any atom is 0.170 e. The zero-order valence-corrected chi connectivity index (χ0v) is 19.5. The van der Waals surface area contributed by atoms with Crippen molar-refractivity contribution in [3.8, 4) is 12.3 Å². The molecule has 1 fully saturated rings. The zero-order chi connectivity index (χ0) is 21.6. The number of imidazole rings is 1. The summed E-state index contributed by atoms with van der Waals surface area (Å²) >= 11 is 1.62. The van der Waals surface area contributed by atoms with Crippen LogP contribution in [0.5, 0.6) is 0 Å². The Balaban J connectivity index is 0.00000289. The summed E-state index contributed by atoms with van der Waals surface area (Å²) in [5, 5.41) is 1.00. The standard InChI is InChI=1S/C25H26FN3OS.ClH/c1-2-18-31-25-27-22-6-3-4-7-23(22)29(25)21-13-16-28(17-14-21)15-5-8-24(30)19-9-11-20(26)12-10-19;/h1,3-4,6-7,9-12,21H,5,8,13-18H2;1H. The molecule has 1 aliphatic rings. The molecule has 32 heavy (non-hydrogen) atoms. The molecule has 2 aromatic carbocycles. The first-order valence-corrected chi connectivity index (χ1v) is 11.7. The molecule has 4 rings (SSSR count). The van der Waals surface area contributed by atoms with Crippen molar-refractivity contribution in [2.24, 2.45) is 0 Å². The Morgan fingerprint density at radius 2 is 1.88 bits per heavy atom. The summed E-state index contributed by atoms with van der Waals surface area (Å²) in [6.07, 6.45) is 8.88. The van der Waals surface area contributed by atoms with E-state index < -0.39 is 0 Å². The minimum absolute atomic E-state index is 0. The molecule has 7 heteroatoms. The van der Waals surface area contributed by atoms with E-state index in [0.29, 0.717) is 23.8 Å². The smallest absolute Gasteiger partial charge is 0.170 e. The van der Waals surface area contributed by atoms with Crippen molar-refractivity contribution in [1.82, 2.24) is 14.5 Å². The number of ketones is 1. The zero-order valence-electron chi connectivity index (χ0n) is 17.9. The van der Waals surface area contributed by atoms with E-state index in [1.54, 1.807) is 23.9 Å². The van der Waals surface area contributed by atoms with Crippen LogP contribution in [0.3, 0.4) is 0 Å². The first-order chi connectivity index (χ1) is 15.2. The van der Waals surface area contributed by atoms with Crippen molar-refractivity contribution in [3.05, 3.63) is 59.9 Å². The number of thioether (sulfide) groups is 1. The Bertz CT molecular complexity index is 1080. The Hall–Kier alpha value is -2.33. The van der Waals surface area contributed by atoms with Crippen molar-refractivity contribution in [2.45, 2.75) is 36.9 Å². The van der Waals surface area contributed by atoms with Crippen LogP contribution in [0.4, 0.5) is 4.39 Å². The second kappa shape index (κ2) is 11.5. The molecule has 0 unspecified atom stereocenters. The maximum absolute atomic E-state index is 13.0. The maximum atomic E-state index is 13.0. The number of Topliss-reactive ketones (excluding diaryl/α,β-unsaturated/α-hetero) is 1. The van der Waals surface area contributed by atoms with Crippen molar-refractivity contribution in [2.75, 3.05) is 25.4 Å². The number of terminal acetylenes is 1. The third-order valence-electron chi connectivity index (χ3n) is 5.81. The van der Waals surface area contributed by atoms with Crippen LogP contribution in [-0.4, -0.2) is 45.6 Å². The Labute approximate surface area is 199 Å². The van der Waals surface area contributed by atoms with Crippen LogP contribution in [0.25, 0.3) is 11.0 Å². The van der Waals surface area contributed by atoms with Crippen molar-refractivity contribution in [3.63, 3.8) is 0 Å². The van der Waals surface area contributed by atoms with Crippen LogP contribution >= 0.6 is 24.2 Å². The topological polar surface area (TPSA) is 38.1 Å². The van der Waals surface area contributed by atoms with Gasteiger partial charge in [0.05, 0.1) is 16.8 Å². The summed E-state index contributed by atoms with van der Waals surface area (Å²) in [4.78, 5) is 19.5. The number of benzene rings is 2. The van der Waals surface area contributed by atoms with Gasteiger partial charge in [0, 0.05) is 31.1 Å². The van der Waals surface area contributed by atoms with Gasteiger partial charge in [-0.25, -0.2) is 9.37 Å². The number of hydrogen-bond acceptors (Lipinski definition) is 4. The van der Waals surface area contributed by atoms with Gasteiger partial charge in [0.1, 0.15) is 5.82 Å². The lowest BCUT2D eigenvalue weighted by Gasteiger charge is -2.33. The van der Waals surface area contributed by atoms with Crippen molar-refractivity contribution < 1.29 is 9.18 Å². The summed E-state index contributed by atoms with van der Waals surface area (Å²) in [5.41, 5.74) is 2.78. The number of carbonyl (C=O) groups is 1. The molecule has 1 aliphatic heterocycles. The van der Waals surface area contributed by atoms with Gasteiger partial charge in [-0.1, -0.05) is 29.8 Å². The summed E-state index contributed by atoms with van der Waals surface area (Å²) in [6, 6.07) is 14.5. The van der Waals surface area contributed by atoms with Crippen LogP contribution in [0, 0.1) is 18.2 Å². The highest BCUT2D eigenvalue weighted by Gasteiger charge is 2.24. The molecule has 0 atom stereocenters. The quantitative estimate of drug-likeness (QED) is 0.243. The number of fused-ring (bicyclic) bond motifs is 1. The van der Waals surface area contributed by atoms with Crippen LogP contribution in [0.2, 0.25) is 0 Å². The number of aromatic nitrogens is 2. The van der Waals surface area contributed by atoms with Crippen molar-refractivity contribution >= 4 is 41.0 Å². The van der Waals surface area contributed by atoms with Crippen LogP contribution in [-0.2, 0) is 0 Å². The van der Waals surface area contributed by atoms with Gasteiger partial charge in [0.2, 0.25) is 0 Å². The summed E-state index contributed by atoms with van der Waals surface area (Å²) < 4.78 is 15.4. The molecule has 0 radical (unpaired) electrons. The third-order valence-corrected chi connectivity index (χ3v) is 6.67. The summed E-state index contributed by atoms with van der Waals surface area (Å²) in [5.74, 6) is 3.08. The molecule has 1 aromatic heterocycles. The molecule has 2 heterocycles. The van der Waals surface area contributed by atoms with Crippen LogP contribution in [0.15, 0.2) is 53.7 Å². The second-order valence-electron chi connectivity index (χ2n) is 7.85. The first-order valence-electron chi connectivity index (χ1n) is 10.7. The molecule has 0 N–H and O–H groups in total. The normalized spacial score (nSPS) is 14.8. The predicted molar refractivity (Wildman–Crippen MR) is 131 cm³/mol. The van der Waals surface area contributed by atoms with Gasteiger partial charge in [0.15, 0.2) is 10.9 Å². The van der Waals surface area contributed by atoms with Gasteiger partial charge in [-0.05, 0) is 62.2 Å². The number of halogens is 2. The first kappa shape index (κ1) is 24.3. The fourth-order valence-corrected chi connectivity index (χ4v) is 4.99. The molecule has 1 saturated heterocycles. The van der Waals surface area contributed by atoms with E-state index in [0.717, 1.165) is 49.6 Å². The molecule has 0 amide bonds. The number of nitrogens with zero attached hydrogens (tertiary/aromatic N) is 3. The molecule has 0 spiro atoms. The summed E-state index contributed by atoms with van der Waals surface area (Å²) in [6.45, 7) is 2.91. The minimum atomic E-state index is -0.314. The highest BCUT2D eigenvalue weighted by molar-refractivity contribution is 7.99. The monoisotopic (exact) mass is 471 g/mol. The fourth-order valence-electron chi connectivity index (χ4n) is 4.23. The second-order valence-corrected chi connectivity index (χ2v) is 8.79. The van der Waals surface area contributed by atoms with Gasteiger partial charge in [-0.15, -0.1) is 18.8 Å². The Morgan fingerprint density at radius 3 is 2.59 bits per heavy atom. The van der Waals surface area contributed by atoms with Crippen LogP contribution in [0.1, 0.15) is 42.1 Å². The molecule has 0 aliphatic carbocycles. The largest absolute Gasteiger partial charge is 0.316 e. The molecule has 3 aromatic rings. The number of hydrogen-bond donors (Lipinski definition) is 0. The average molecular weight is 472 g/mol. The van der Waals surface area contributed by atoms with Gasteiger partial charge < -0.3 is 9.47 Å². The number of likely N-dealkylation sites (tertiary alicyclic amines) is 1. The third kappa shape index (κ3) is 5.72. The van der Waals surface area contributed by atoms with Gasteiger partial charge in [0.25, 0.3) is 0 Å². The van der Waals surface area contributed by atoms with E-state index in [2.05, 4.69) is 33.6 Å². The lowest BCUT2D eigenvalue weighted by atomic mass is 10.0. The van der Waals surface area contributed by atoms with E-state index in [1.165, 1.54) is 17.6 Å². The molecule has 0 saturated carbocycles. The van der Waals surface area contributed by atoms with Gasteiger partial charge in [-0.3, -0.25) is 4.79 Å².